The highest BCUT2D eigenvalue weighted by atomic mass is 32.2. The smallest absolute Gasteiger partial charge is 0.212 e. The number of aromatic nitrogens is 3. The summed E-state index contributed by atoms with van der Waals surface area (Å²) < 4.78 is 20.4. The zero-order valence-corrected chi connectivity index (χ0v) is 13.6. The van der Waals surface area contributed by atoms with Crippen LogP contribution in [0.25, 0.3) is 11.4 Å². The van der Waals surface area contributed by atoms with Gasteiger partial charge in [-0.1, -0.05) is 36.0 Å². The van der Waals surface area contributed by atoms with Gasteiger partial charge in [-0.3, -0.25) is 0 Å². The Hall–Kier alpha value is -2.67. The van der Waals surface area contributed by atoms with Crippen molar-refractivity contribution in [3.05, 3.63) is 59.9 Å². The number of hydrogen-bond donors (Lipinski definition) is 0. The lowest BCUT2D eigenvalue weighted by Gasteiger charge is -2.14. The van der Waals surface area contributed by atoms with Crippen LogP contribution in [0.1, 0.15) is 5.56 Å². The molecule has 0 aliphatic carbocycles. The number of methoxy groups -OCH3 is 1. The second kappa shape index (κ2) is 6.09. The molecule has 120 valence electrons. The number of rotatable bonds is 3. The van der Waals surface area contributed by atoms with Crippen LogP contribution in [-0.4, -0.2) is 33.4 Å². The molecule has 2 heterocycles. The maximum atomic E-state index is 13.5. The SMILES string of the molecule is COc1cccc(C2=Nn3c(nnc3-c3cccc(F)c3)SC2)c1. The Kier molecular flexibility index (Phi) is 3.78. The number of benzene rings is 2. The van der Waals surface area contributed by atoms with E-state index in [-0.39, 0.29) is 5.82 Å². The third-order valence-corrected chi connectivity index (χ3v) is 4.59. The Balaban J connectivity index is 1.79. The Bertz CT molecular complexity index is 938. The van der Waals surface area contributed by atoms with E-state index in [4.69, 9.17) is 4.74 Å². The number of hydrogen-bond acceptors (Lipinski definition) is 5. The van der Waals surface area contributed by atoms with E-state index in [0.717, 1.165) is 17.0 Å². The van der Waals surface area contributed by atoms with E-state index in [1.54, 1.807) is 35.7 Å². The topological polar surface area (TPSA) is 52.3 Å². The molecule has 7 heteroatoms. The second-order valence-electron chi connectivity index (χ2n) is 5.20. The first-order valence-corrected chi connectivity index (χ1v) is 8.29. The van der Waals surface area contributed by atoms with Crippen molar-refractivity contribution in [2.24, 2.45) is 5.10 Å². The molecule has 2 aromatic carbocycles. The Morgan fingerprint density at radius 3 is 2.75 bits per heavy atom. The van der Waals surface area contributed by atoms with Crippen molar-refractivity contribution in [3.8, 4) is 17.1 Å². The van der Waals surface area contributed by atoms with Crippen molar-refractivity contribution in [1.82, 2.24) is 14.9 Å². The van der Waals surface area contributed by atoms with Crippen LogP contribution in [0.15, 0.2) is 58.8 Å². The molecule has 0 spiro atoms. The van der Waals surface area contributed by atoms with Gasteiger partial charge in [-0.15, -0.1) is 10.2 Å². The van der Waals surface area contributed by atoms with Crippen LogP contribution in [0.3, 0.4) is 0 Å². The van der Waals surface area contributed by atoms with Gasteiger partial charge in [-0.25, -0.2) is 4.39 Å². The van der Waals surface area contributed by atoms with Crippen molar-refractivity contribution >= 4 is 17.5 Å². The highest BCUT2D eigenvalue weighted by Gasteiger charge is 2.21. The summed E-state index contributed by atoms with van der Waals surface area (Å²) in [6.07, 6.45) is 0. The molecule has 0 bridgehead atoms. The highest BCUT2D eigenvalue weighted by Crippen LogP contribution is 2.29. The van der Waals surface area contributed by atoms with Gasteiger partial charge in [0.25, 0.3) is 0 Å². The Morgan fingerprint density at radius 1 is 1.08 bits per heavy atom. The maximum absolute atomic E-state index is 13.5. The average molecular weight is 340 g/mol. The van der Waals surface area contributed by atoms with Crippen molar-refractivity contribution in [3.63, 3.8) is 0 Å². The van der Waals surface area contributed by atoms with E-state index in [1.807, 2.05) is 24.3 Å². The molecule has 0 saturated carbocycles. The number of thioether (sulfide) groups is 1. The third-order valence-electron chi connectivity index (χ3n) is 3.66. The van der Waals surface area contributed by atoms with E-state index in [0.29, 0.717) is 22.3 Å². The zero-order valence-electron chi connectivity index (χ0n) is 12.8. The average Bonchev–Trinajstić information content (AvgIpc) is 3.05. The second-order valence-corrected chi connectivity index (χ2v) is 6.14. The van der Waals surface area contributed by atoms with E-state index in [2.05, 4.69) is 15.3 Å². The molecule has 0 unspecified atom stereocenters. The van der Waals surface area contributed by atoms with Crippen LogP contribution in [0.5, 0.6) is 5.75 Å². The minimum Gasteiger partial charge on any atom is -0.497 e. The molecule has 0 N–H and O–H groups in total. The lowest BCUT2D eigenvalue weighted by atomic mass is 10.1. The molecular weight excluding hydrogens is 327 g/mol. The predicted octanol–water partition coefficient (Wildman–Crippen LogP) is 3.45. The van der Waals surface area contributed by atoms with Crippen molar-refractivity contribution in [2.45, 2.75) is 5.16 Å². The van der Waals surface area contributed by atoms with Gasteiger partial charge in [-0.2, -0.15) is 9.78 Å². The first-order valence-electron chi connectivity index (χ1n) is 7.31. The highest BCUT2D eigenvalue weighted by molar-refractivity contribution is 7.99. The molecule has 0 atom stereocenters. The van der Waals surface area contributed by atoms with E-state index in [9.17, 15) is 4.39 Å². The molecule has 1 aliphatic rings. The fourth-order valence-corrected chi connectivity index (χ4v) is 3.32. The van der Waals surface area contributed by atoms with Gasteiger partial charge in [0.1, 0.15) is 11.6 Å². The van der Waals surface area contributed by atoms with Gasteiger partial charge in [0.05, 0.1) is 12.8 Å². The monoisotopic (exact) mass is 340 g/mol. The molecule has 1 aliphatic heterocycles. The minimum absolute atomic E-state index is 0.315. The van der Waals surface area contributed by atoms with E-state index >= 15 is 0 Å². The lowest BCUT2D eigenvalue weighted by Crippen LogP contribution is -2.13. The van der Waals surface area contributed by atoms with Crippen molar-refractivity contribution in [1.29, 1.82) is 0 Å². The molecule has 0 radical (unpaired) electrons. The van der Waals surface area contributed by atoms with Crippen molar-refractivity contribution in [2.75, 3.05) is 12.9 Å². The van der Waals surface area contributed by atoms with E-state index in [1.165, 1.54) is 12.1 Å². The first-order chi connectivity index (χ1) is 11.7. The summed E-state index contributed by atoms with van der Waals surface area (Å²) in [6, 6.07) is 14.0. The largest absolute Gasteiger partial charge is 0.497 e. The van der Waals surface area contributed by atoms with Gasteiger partial charge in [-0.05, 0) is 24.3 Å². The van der Waals surface area contributed by atoms with Gasteiger partial charge in [0, 0.05) is 16.9 Å². The predicted molar refractivity (Wildman–Crippen MR) is 91.1 cm³/mol. The summed E-state index contributed by atoms with van der Waals surface area (Å²) in [5, 5.41) is 13.7. The normalized spacial score (nSPS) is 13.3. The Labute approximate surface area is 142 Å². The molecule has 0 fully saturated rings. The summed E-state index contributed by atoms with van der Waals surface area (Å²) in [6.45, 7) is 0. The number of halogens is 1. The summed E-state index contributed by atoms with van der Waals surface area (Å²) in [5.74, 6) is 1.68. The van der Waals surface area contributed by atoms with Gasteiger partial charge < -0.3 is 4.74 Å². The molecule has 0 amide bonds. The van der Waals surface area contributed by atoms with Crippen LogP contribution in [0.2, 0.25) is 0 Å². The first kappa shape index (κ1) is 14.9. The standard InChI is InChI=1S/C17H13FN4OS/c1-23-14-7-3-4-11(9-14)15-10-24-17-20-19-16(22(17)21-15)12-5-2-6-13(18)8-12/h2-9H,10H2,1H3. The fraction of sp³-hybridized carbons (Fsp3) is 0.118. The molecule has 4 rings (SSSR count). The molecule has 3 aromatic rings. The third kappa shape index (κ3) is 2.67. The van der Waals surface area contributed by atoms with Gasteiger partial charge in [0.2, 0.25) is 5.16 Å². The van der Waals surface area contributed by atoms with Crippen LogP contribution >= 0.6 is 11.8 Å². The van der Waals surface area contributed by atoms with Crippen molar-refractivity contribution < 1.29 is 9.13 Å². The maximum Gasteiger partial charge on any atom is 0.212 e. The quantitative estimate of drug-likeness (QED) is 0.733. The van der Waals surface area contributed by atoms with Crippen LogP contribution < -0.4 is 4.74 Å². The fourth-order valence-electron chi connectivity index (χ4n) is 2.48. The molecular formula is C17H13FN4OS. The minimum atomic E-state index is -0.315. The van der Waals surface area contributed by atoms with Crippen LogP contribution in [0.4, 0.5) is 4.39 Å². The van der Waals surface area contributed by atoms with E-state index < -0.39 is 0 Å². The van der Waals surface area contributed by atoms with Gasteiger partial charge in [0.15, 0.2) is 5.82 Å². The van der Waals surface area contributed by atoms with Gasteiger partial charge >= 0.3 is 0 Å². The zero-order chi connectivity index (χ0) is 16.5. The molecule has 0 saturated heterocycles. The summed E-state index contributed by atoms with van der Waals surface area (Å²) >= 11 is 1.55. The summed E-state index contributed by atoms with van der Waals surface area (Å²) in [4.78, 5) is 0. The molecule has 5 nitrogen and oxygen atoms in total. The molecule has 24 heavy (non-hydrogen) atoms. The number of fused-ring (bicyclic) bond motifs is 1. The lowest BCUT2D eigenvalue weighted by molar-refractivity contribution is 0.414. The number of nitrogens with zero attached hydrogens (tertiary/aromatic N) is 4. The Morgan fingerprint density at radius 2 is 1.92 bits per heavy atom. The number of ether oxygens (including phenoxy) is 1. The summed E-state index contributed by atoms with van der Waals surface area (Å²) in [5.41, 5.74) is 2.51. The van der Waals surface area contributed by atoms with Crippen LogP contribution in [0, 0.1) is 5.82 Å². The molecule has 1 aromatic heterocycles. The van der Waals surface area contributed by atoms with Crippen LogP contribution in [-0.2, 0) is 0 Å². The summed E-state index contributed by atoms with van der Waals surface area (Å²) in [7, 11) is 1.64.